The molecule has 0 aliphatic carbocycles. The Hall–Kier alpha value is -1.22. The third-order valence-corrected chi connectivity index (χ3v) is 1.71. The summed E-state index contributed by atoms with van der Waals surface area (Å²) >= 11 is 0. The summed E-state index contributed by atoms with van der Waals surface area (Å²) in [5.74, 6) is -0.911. The van der Waals surface area contributed by atoms with Crippen molar-refractivity contribution in [1.29, 1.82) is 0 Å². The Balaban J connectivity index is 3.08. The Bertz CT molecular complexity index is 311. The summed E-state index contributed by atoms with van der Waals surface area (Å²) < 4.78 is 12.8. The van der Waals surface area contributed by atoms with Crippen molar-refractivity contribution >= 4 is 5.78 Å². The monoisotopic (exact) mass is 182 g/mol. The molecule has 1 N–H and O–H groups in total. The molecule has 0 fully saturated rings. The minimum atomic E-state index is -1.08. The second-order valence-corrected chi connectivity index (χ2v) is 3.06. The molecule has 0 aliphatic rings. The summed E-state index contributed by atoms with van der Waals surface area (Å²) in [5.41, 5.74) is 0.886. The van der Waals surface area contributed by atoms with Gasteiger partial charge in [0.1, 0.15) is 11.9 Å². The highest BCUT2D eigenvalue weighted by molar-refractivity contribution is 5.99. The van der Waals surface area contributed by atoms with Gasteiger partial charge in [0.15, 0.2) is 5.78 Å². The molecule has 0 radical (unpaired) electrons. The summed E-state index contributed by atoms with van der Waals surface area (Å²) in [7, 11) is 0. The van der Waals surface area contributed by atoms with E-state index in [0.717, 1.165) is 6.07 Å². The molecule has 0 spiro atoms. The largest absolute Gasteiger partial charge is 0.385 e. The maximum Gasteiger partial charge on any atom is 0.191 e. The van der Waals surface area contributed by atoms with Crippen LogP contribution in [0.1, 0.15) is 22.8 Å². The Morgan fingerprint density at radius 3 is 2.54 bits per heavy atom. The van der Waals surface area contributed by atoms with E-state index in [1.165, 1.54) is 13.0 Å². The van der Waals surface area contributed by atoms with Crippen molar-refractivity contribution < 1.29 is 14.3 Å². The van der Waals surface area contributed by atoms with E-state index in [2.05, 4.69) is 0 Å². The molecule has 0 saturated heterocycles. The van der Waals surface area contributed by atoms with Crippen molar-refractivity contribution in [2.24, 2.45) is 0 Å². The van der Waals surface area contributed by atoms with Crippen molar-refractivity contribution in [2.75, 3.05) is 0 Å². The highest BCUT2D eigenvalue weighted by Gasteiger charge is 2.12. The first-order chi connectivity index (χ1) is 6.00. The fourth-order valence-electron chi connectivity index (χ4n) is 1.12. The molecule has 1 aromatic rings. The summed E-state index contributed by atoms with van der Waals surface area (Å²) in [6.45, 7) is 3.06. The third-order valence-electron chi connectivity index (χ3n) is 1.71. The number of rotatable bonds is 2. The first-order valence-electron chi connectivity index (χ1n) is 4.00. The first-order valence-corrected chi connectivity index (χ1v) is 4.00. The molecule has 0 saturated carbocycles. The number of carbonyl (C=O) groups is 1. The van der Waals surface area contributed by atoms with E-state index in [4.69, 9.17) is 5.11 Å². The minimum absolute atomic E-state index is 0.215. The molecule has 2 nitrogen and oxygen atoms in total. The number of aliphatic hydroxyl groups excluding tert-OH is 1. The van der Waals surface area contributed by atoms with Gasteiger partial charge >= 0.3 is 0 Å². The van der Waals surface area contributed by atoms with Crippen LogP contribution < -0.4 is 0 Å². The van der Waals surface area contributed by atoms with Gasteiger partial charge in [0.2, 0.25) is 0 Å². The molecule has 3 heteroatoms. The van der Waals surface area contributed by atoms with Crippen LogP contribution >= 0.6 is 0 Å². The van der Waals surface area contributed by atoms with Crippen LogP contribution in [0.2, 0.25) is 0 Å². The molecular weight excluding hydrogens is 171 g/mol. The number of Topliss-reactive ketones (excluding diaryl/α,β-unsaturated/α-hetero) is 1. The van der Waals surface area contributed by atoms with Crippen LogP contribution in [0.4, 0.5) is 4.39 Å². The van der Waals surface area contributed by atoms with Crippen LogP contribution in [0.25, 0.3) is 0 Å². The van der Waals surface area contributed by atoms with E-state index in [1.54, 1.807) is 13.0 Å². The molecule has 1 atom stereocenters. The van der Waals surface area contributed by atoms with Gasteiger partial charge < -0.3 is 5.11 Å². The van der Waals surface area contributed by atoms with Gasteiger partial charge in [-0.05, 0) is 37.6 Å². The Labute approximate surface area is 76.0 Å². The average molecular weight is 182 g/mol. The summed E-state index contributed by atoms with van der Waals surface area (Å²) in [4.78, 5) is 11.2. The number of halogens is 1. The second-order valence-electron chi connectivity index (χ2n) is 3.06. The highest BCUT2D eigenvalue weighted by atomic mass is 19.1. The fourth-order valence-corrected chi connectivity index (χ4v) is 1.12. The molecular formula is C10H11FO2. The Morgan fingerprint density at radius 1 is 1.46 bits per heavy atom. The van der Waals surface area contributed by atoms with Crippen LogP contribution in [-0.2, 0) is 0 Å². The van der Waals surface area contributed by atoms with Gasteiger partial charge in [-0.3, -0.25) is 4.79 Å². The zero-order valence-corrected chi connectivity index (χ0v) is 7.54. The standard InChI is InChI=1S/C10H11FO2/c1-6-3-8(5-9(11)4-6)10(13)7(2)12/h3-5,7,12H,1-2H3. The molecule has 0 aliphatic heterocycles. The van der Waals surface area contributed by atoms with Gasteiger partial charge in [-0.25, -0.2) is 4.39 Å². The van der Waals surface area contributed by atoms with Crippen LogP contribution in [0.5, 0.6) is 0 Å². The third kappa shape index (κ3) is 2.36. The number of benzene rings is 1. The molecule has 0 heterocycles. The van der Waals surface area contributed by atoms with E-state index in [1.807, 2.05) is 0 Å². The fraction of sp³-hybridized carbons (Fsp3) is 0.300. The normalized spacial score (nSPS) is 12.6. The van der Waals surface area contributed by atoms with Crippen LogP contribution in [0, 0.1) is 12.7 Å². The van der Waals surface area contributed by atoms with Crippen molar-refractivity contribution in [3.8, 4) is 0 Å². The van der Waals surface area contributed by atoms with Crippen molar-refractivity contribution in [2.45, 2.75) is 20.0 Å². The van der Waals surface area contributed by atoms with Gasteiger partial charge in [-0.1, -0.05) is 0 Å². The summed E-state index contributed by atoms with van der Waals surface area (Å²) in [6.07, 6.45) is -1.08. The van der Waals surface area contributed by atoms with Crippen LogP contribution in [0.15, 0.2) is 18.2 Å². The summed E-state index contributed by atoms with van der Waals surface area (Å²) in [6, 6.07) is 4.01. The maximum atomic E-state index is 12.8. The van der Waals surface area contributed by atoms with E-state index >= 15 is 0 Å². The SMILES string of the molecule is Cc1cc(F)cc(C(=O)C(C)O)c1. The van der Waals surface area contributed by atoms with E-state index in [0.29, 0.717) is 5.56 Å². The van der Waals surface area contributed by atoms with E-state index in [9.17, 15) is 9.18 Å². The van der Waals surface area contributed by atoms with Gasteiger partial charge in [0.05, 0.1) is 0 Å². The maximum absolute atomic E-state index is 12.8. The van der Waals surface area contributed by atoms with Gasteiger partial charge in [0, 0.05) is 5.56 Å². The molecule has 1 rings (SSSR count). The Morgan fingerprint density at radius 2 is 2.08 bits per heavy atom. The van der Waals surface area contributed by atoms with Crippen molar-refractivity contribution in [3.63, 3.8) is 0 Å². The van der Waals surface area contributed by atoms with Crippen LogP contribution in [0.3, 0.4) is 0 Å². The predicted octanol–water partition coefficient (Wildman–Crippen LogP) is 1.70. The van der Waals surface area contributed by atoms with Crippen molar-refractivity contribution in [1.82, 2.24) is 0 Å². The first kappa shape index (κ1) is 9.86. The molecule has 70 valence electrons. The number of aliphatic hydroxyl groups is 1. The lowest BCUT2D eigenvalue weighted by Crippen LogP contribution is -2.16. The molecule has 0 aromatic heterocycles. The van der Waals surface area contributed by atoms with Crippen LogP contribution in [-0.4, -0.2) is 17.0 Å². The molecule has 0 amide bonds. The number of hydrogen-bond acceptors (Lipinski definition) is 2. The lowest BCUT2D eigenvalue weighted by atomic mass is 10.0. The molecule has 13 heavy (non-hydrogen) atoms. The second kappa shape index (κ2) is 3.66. The van der Waals surface area contributed by atoms with E-state index in [-0.39, 0.29) is 5.56 Å². The molecule has 0 bridgehead atoms. The average Bonchev–Trinajstić information content (AvgIpc) is 2.01. The number of aryl methyl sites for hydroxylation is 1. The number of carbonyl (C=O) groups excluding carboxylic acids is 1. The minimum Gasteiger partial charge on any atom is -0.385 e. The topological polar surface area (TPSA) is 37.3 Å². The lowest BCUT2D eigenvalue weighted by Gasteiger charge is -2.04. The zero-order valence-electron chi connectivity index (χ0n) is 7.54. The number of hydrogen-bond donors (Lipinski definition) is 1. The molecule has 1 aromatic carbocycles. The van der Waals surface area contributed by atoms with Gasteiger partial charge in [0.25, 0.3) is 0 Å². The van der Waals surface area contributed by atoms with Gasteiger partial charge in [-0.15, -0.1) is 0 Å². The lowest BCUT2D eigenvalue weighted by molar-refractivity contribution is 0.0779. The molecule has 1 unspecified atom stereocenters. The van der Waals surface area contributed by atoms with Gasteiger partial charge in [-0.2, -0.15) is 0 Å². The highest BCUT2D eigenvalue weighted by Crippen LogP contribution is 2.10. The zero-order chi connectivity index (χ0) is 10.0. The number of ketones is 1. The predicted molar refractivity (Wildman–Crippen MR) is 47.1 cm³/mol. The Kier molecular flexibility index (Phi) is 2.78. The van der Waals surface area contributed by atoms with E-state index < -0.39 is 17.7 Å². The smallest absolute Gasteiger partial charge is 0.191 e. The van der Waals surface area contributed by atoms with Crippen molar-refractivity contribution in [3.05, 3.63) is 35.1 Å². The quantitative estimate of drug-likeness (QED) is 0.707. The summed E-state index contributed by atoms with van der Waals surface area (Å²) in [5, 5.41) is 8.98.